The summed E-state index contributed by atoms with van der Waals surface area (Å²) in [7, 11) is 0. The first kappa shape index (κ1) is 14.1. The Hall–Kier alpha value is -1.85. The number of nitrogens with one attached hydrogen (secondary N) is 1. The van der Waals surface area contributed by atoms with Crippen LogP contribution in [0.25, 0.3) is 5.69 Å². The van der Waals surface area contributed by atoms with E-state index < -0.39 is 0 Å². The summed E-state index contributed by atoms with van der Waals surface area (Å²) in [5.74, 6) is 0.865. The number of benzene rings is 1. The molecule has 0 aliphatic heterocycles. The lowest BCUT2D eigenvalue weighted by atomic mass is 10.1. The fourth-order valence-electron chi connectivity index (χ4n) is 2.29. The SMILES string of the molecule is CCNC(c1cnn(-c2ccccc2)c1)c1occc1Br. The molecule has 1 unspecified atom stereocenters. The molecule has 21 heavy (non-hydrogen) atoms. The van der Waals surface area contributed by atoms with Crippen molar-refractivity contribution in [3.05, 3.63) is 70.9 Å². The topological polar surface area (TPSA) is 43.0 Å². The van der Waals surface area contributed by atoms with E-state index in [1.165, 1.54) is 0 Å². The zero-order valence-electron chi connectivity index (χ0n) is 11.7. The average molecular weight is 346 g/mol. The molecule has 108 valence electrons. The van der Waals surface area contributed by atoms with E-state index in [0.29, 0.717) is 0 Å². The Morgan fingerprint density at radius 1 is 1.29 bits per heavy atom. The summed E-state index contributed by atoms with van der Waals surface area (Å²) in [4.78, 5) is 0. The van der Waals surface area contributed by atoms with Gasteiger partial charge < -0.3 is 9.73 Å². The molecule has 0 saturated carbocycles. The highest BCUT2D eigenvalue weighted by molar-refractivity contribution is 9.10. The van der Waals surface area contributed by atoms with E-state index in [0.717, 1.165) is 28.0 Å². The highest BCUT2D eigenvalue weighted by Crippen LogP contribution is 2.29. The van der Waals surface area contributed by atoms with Crippen molar-refractivity contribution in [1.82, 2.24) is 15.1 Å². The van der Waals surface area contributed by atoms with Crippen LogP contribution in [0.15, 0.2) is 63.9 Å². The van der Waals surface area contributed by atoms with Crippen molar-refractivity contribution in [3.8, 4) is 5.69 Å². The summed E-state index contributed by atoms with van der Waals surface area (Å²) in [5, 5.41) is 7.88. The highest BCUT2D eigenvalue weighted by atomic mass is 79.9. The molecule has 4 nitrogen and oxygen atoms in total. The second-order valence-electron chi connectivity index (χ2n) is 4.68. The van der Waals surface area contributed by atoms with Gasteiger partial charge in [-0.1, -0.05) is 25.1 Å². The Kier molecular flexibility index (Phi) is 4.22. The third kappa shape index (κ3) is 2.94. The lowest BCUT2D eigenvalue weighted by Crippen LogP contribution is -2.21. The molecule has 0 fully saturated rings. The van der Waals surface area contributed by atoms with Gasteiger partial charge in [0.05, 0.1) is 28.7 Å². The van der Waals surface area contributed by atoms with Gasteiger partial charge >= 0.3 is 0 Å². The van der Waals surface area contributed by atoms with E-state index in [2.05, 4.69) is 33.3 Å². The smallest absolute Gasteiger partial charge is 0.139 e. The van der Waals surface area contributed by atoms with Crippen molar-refractivity contribution in [3.63, 3.8) is 0 Å². The van der Waals surface area contributed by atoms with E-state index in [1.54, 1.807) is 6.26 Å². The summed E-state index contributed by atoms with van der Waals surface area (Å²) in [6.07, 6.45) is 5.58. The van der Waals surface area contributed by atoms with Crippen LogP contribution in [0.1, 0.15) is 24.3 Å². The van der Waals surface area contributed by atoms with Crippen LogP contribution in [-0.2, 0) is 0 Å². The molecule has 3 aromatic rings. The zero-order valence-corrected chi connectivity index (χ0v) is 13.2. The first-order valence-electron chi connectivity index (χ1n) is 6.86. The fraction of sp³-hybridized carbons (Fsp3) is 0.188. The molecule has 2 heterocycles. The molecule has 1 aromatic carbocycles. The van der Waals surface area contributed by atoms with Crippen molar-refractivity contribution < 1.29 is 4.42 Å². The molecule has 0 bridgehead atoms. The Balaban J connectivity index is 1.95. The molecule has 2 aromatic heterocycles. The number of aromatic nitrogens is 2. The minimum absolute atomic E-state index is 0.0168. The first-order valence-corrected chi connectivity index (χ1v) is 7.65. The predicted molar refractivity (Wildman–Crippen MR) is 85.5 cm³/mol. The van der Waals surface area contributed by atoms with Gasteiger partial charge in [0.1, 0.15) is 5.76 Å². The van der Waals surface area contributed by atoms with Crippen LogP contribution in [0, 0.1) is 0 Å². The zero-order chi connectivity index (χ0) is 14.7. The van der Waals surface area contributed by atoms with E-state index in [-0.39, 0.29) is 6.04 Å². The minimum Gasteiger partial charge on any atom is -0.466 e. The monoisotopic (exact) mass is 345 g/mol. The quantitative estimate of drug-likeness (QED) is 0.761. The predicted octanol–water partition coefficient (Wildman–Crippen LogP) is 3.93. The highest BCUT2D eigenvalue weighted by Gasteiger charge is 2.20. The van der Waals surface area contributed by atoms with Crippen LogP contribution in [0.3, 0.4) is 0 Å². The number of nitrogens with zero attached hydrogens (tertiary/aromatic N) is 2. The van der Waals surface area contributed by atoms with Crippen LogP contribution in [0.2, 0.25) is 0 Å². The summed E-state index contributed by atoms with van der Waals surface area (Å²) in [6.45, 7) is 2.92. The normalized spacial score (nSPS) is 12.5. The number of rotatable bonds is 5. The maximum atomic E-state index is 5.60. The van der Waals surface area contributed by atoms with E-state index >= 15 is 0 Å². The van der Waals surface area contributed by atoms with Gasteiger partial charge in [0.25, 0.3) is 0 Å². The lowest BCUT2D eigenvalue weighted by Gasteiger charge is -2.14. The number of furan rings is 1. The van der Waals surface area contributed by atoms with Gasteiger partial charge in [-0.25, -0.2) is 4.68 Å². The van der Waals surface area contributed by atoms with Crippen LogP contribution in [0.5, 0.6) is 0 Å². The molecule has 0 spiro atoms. The van der Waals surface area contributed by atoms with Crippen LogP contribution in [-0.4, -0.2) is 16.3 Å². The summed E-state index contributed by atoms with van der Waals surface area (Å²) in [5.41, 5.74) is 2.11. The molecule has 0 amide bonds. The summed E-state index contributed by atoms with van der Waals surface area (Å²) < 4.78 is 8.43. The van der Waals surface area contributed by atoms with Gasteiger partial charge in [-0.2, -0.15) is 5.10 Å². The van der Waals surface area contributed by atoms with Gasteiger partial charge in [-0.3, -0.25) is 0 Å². The fourth-order valence-corrected chi connectivity index (χ4v) is 2.72. The summed E-state index contributed by atoms with van der Waals surface area (Å²) in [6, 6.07) is 11.9. The molecular weight excluding hydrogens is 330 g/mol. The molecule has 3 rings (SSSR count). The van der Waals surface area contributed by atoms with Crippen molar-refractivity contribution in [2.75, 3.05) is 6.54 Å². The van der Waals surface area contributed by atoms with Crippen LogP contribution >= 0.6 is 15.9 Å². The molecule has 0 aliphatic rings. The number of para-hydroxylation sites is 1. The molecule has 0 radical (unpaired) electrons. The van der Waals surface area contributed by atoms with E-state index in [4.69, 9.17) is 4.42 Å². The van der Waals surface area contributed by atoms with Crippen molar-refractivity contribution in [2.45, 2.75) is 13.0 Å². The Bertz CT molecular complexity index is 705. The molecule has 0 aliphatic carbocycles. The van der Waals surface area contributed by atoms with Gasteiger partial charge in [-0.15, -0.1) is 0 Å². The third-order valence-electron chi connectivity index (χ3n) is 3.27. The average Bonchev–Trinajstić information content (AvgIpc) is 3.15. The maximum absolute atomic E-state index is 5.60. The van der Waals surface area contributed by atoms with E-state index in [9.17, 15) is 0 Å². The first-order chi connectivity index (χ1) is 10.3. The Morgan fingerprint density at radius 2 is 2.10 bits per heavy atom. The third-order valence-corrected chi connectivity index (χ3v) is 3.93. The molecule has 1 N–H and O–H groups in total. The molecule has 0 saturated heterocycles. The largest absolute Gasteiger partial charge is 0.466 e. The van der Waals surface area contributed by atoms with Crippen LogP contribution < -0.4 is 5.32 Å². The second kappa shape index (κ2) is 6.28. The van der Waals surface area contributed by atoms with Gasteiger partial charge in [0, 0.05) is 11.8 Å². The van der Waals surface area contributed by atoms with Gasteiger partial charge in [0.15, 0.2) is 0 Å². The number of halogens is 1. The van der Waals surface area contributed by atoms with Crippen molar-refractivity contribution in [1.29, 1.82) is 0 Å². The van der Waals surface area contributed by atoms with Crippen molar-refractivity contribution >= 4 is 15.9 Å². The molecular formula is C16H16BrN3O. The van der Waals surface area contributed by atoms with Gasteiger partial charge in [-0.05, 0) is 40.7 Å². The second-order valence-corrected chi connectivity index (χ2v) is 5.53. The standard InChI is InChI=1S/C16H16BrN3O/c1-2-18-15(16-14(17)8-9-21-16)12-10-19-20(11-12)13-6-4-3-5-7-13/h3-11,15,18H,2H2,1H3. The number of hydrogen-bond donors (Lipinski definition) is 1. The molecule has 5 heteroatoms. The van der Waals surface area contributed by atoms with Crippen molar-refractivity contribution in [2.24, 2.45) is 0 Å². The number of hydrogen-bond acceptors (Lipinski definition) is 3. The van der Waals surface area contributed by atoms with Gasteiger partial charge in [0.2, 0.25) is 0 Å². The minimum atomic E-state index is -0.0168. The Morgan fingerprint density at radius 3 is 2.76 bits per heavy atom. The lowest BCUT2D eigenvalue weighted by molar-refractivity contribution is 0.450. The Labute approximate surface area is 131 Å². The maximum Gasteiger partial charge on any atom is 0.139 e. The van der Waals surface area contributed by atoms with E-state index in [1.807, 2.05) is 53.5 Å². The summed E-state index contributed by atoms with van der Waals surface area (Å²) >= 11 is 3.52. The molecule has 1 atom stereocenters. The van der Waals surface area contributed by atoms with Crippen LogP contribution in [0.4, 0.5) is 0 Å².